The third-order valence-electron chi connectivity index (χ3n) is 0.777. The van der Waals surface area contributed by atoms with Crippen molar-refractivity contribution in [2.75, 3.05) is 0 Å². The van der Waals surface area contributed by atoms with Crippen molar-refractivity contribution in [2.24, 2.45) is 0 Å². The Morgan fingerprint density at radius 1 is 1.45 bits per heavy atom. The van der Waals surface area contributed by atoms with Crippen LogP contribution in [0.3, 0.4) is 0 Å². The third kappa shape index (κ3) is 48.5. The van der Waals surface area contributed by atoms with Crippen molar-refractivity contribution in [2.45, 2.75) is 34.6 Å². The van der Waals surface area contributed by atoms with Gasteiger partial charge in [-0.3, -0.25) is 0 Å². The Morgan fingerprint density at radius 2 is 1.73 bits per heavy atom. The van der Waals surface area contributed by atoms with Crippen LogP contribution in [0.5, 0.6) is 0 Å². The van der Waals surface area contributed by atoms with Crippen molar-refractivity contribution in [1.82, 2.24) is 0 Å². The van der Waals surface area contributed by atoms with Crippen molar-refractivity contribution >= 4 is 0 Å². The van der Waals surface area contributed by atoms with E-state index in [1.54, 1.807) is 6.92 Å². The van der Waals surface area contributed by atoms with Crippen molar-refractivity contribution in [3.8, 4) is 12.3 Å². The Bertz CT molecular complexity index is 121. The van der Waals surface area contributed by atoms with Gasteiger partial charge >= 0.3 is 0 Å². The summed E-state index contributed by atoms with van der Waals surface area (Å²) in [5, 5.41) is 0. The predicted molar refractivity (Wildman–Crippen MR) is 55.5 cm³/mol. The zero-order valence-corrected chi connectivity index (χ0v) is 8.44. The summed E-state index contributed by atoms with van der Waals surface area (Å²) in [7, 11) is 0. The highest BCUT2D eigenvalue weighted by Gasteiger charge is 1.66. The van der Waals surface area contributed by atoms with E-state index in [1.807, 2.05) is 39.8 Å². The molecule has 0 rings (SSSR count). The molecule has 0 aliphatic rings. The molecular formula is C11H20. The van der Waals surface area contributed by atoms with Crippen LogP contribution >= 0.6 is 0 Å². The molecule has 0 amide bonds. The van der Waals surface area contributed by atoms with E-state index in [2.05, 4.69) is 18.9 Å². The molecule has 0 heterocycles. The molecule has 0 fully saturated rings. The molecule has 0 aromatic carbocycles. The molecule has 0 bridgehead atoms. The highest BCUT2D eigenvalue weighted by Crippen LogP contribution is 1.88. The lowest BCUT2D eigenvalue weighted by Gasteiger charge is -1.78. The Kier molecular flexibility index (Phi) is 34.6. The molecular weight excluding hydrogens is 132 g/mol. The summed E-state index contributed by atoms with van der Waals surface area (Å²) in [5.41, 5.74) is 1.23. The molecule has 64 valence electrons. The molecule has 0 aliphatic carbocycles. The lowest BCUT2D eigenvalue weighted by atomic mass is 10.3. The fourth-order valence-electron chi connectivity index (χ4n) is 0.118. The Morgan fingerprint density at radius 3 is 1.73 bits per heavy atom. The van der Waals surface area contributed by atoms with Gasteiger partial charge < -0.3 is 0 Å². The quantitative estimate of drug-likeness (QED) is 0.396. The minimum absolute atomic E-state index is 1.23. The van der Waals surface area contributed by atoms with Crippen molar-refractivity contribution < 1.29 is 0 Å². The van der Waals surface area contributed by atoms with Gasteiger partial charge in [-0.2, -0.15) is 0 Å². The number of hydrogen-bond donors (Lipinski definition) is 0. The second-order valence-electron chi connectivity index (χ2n) is 1.53. The van der Waals surface area contributed by atoms with Gasteiger partial charge in [0.1, 0.15) is 0 Å². The van der Waals surface area contributed by atoms with Gasteiger partial charge in [-0.05, 0) is 20.8 Å². The van der Waals surface area contributed by atoms with Crippen molar-refractivity contribution in [3.63, 3.8) is 0 Å². The highest BCUT2D eigenvalue weighted by atomic mass is 13.7. The van der Waals surface area contributed by atoms with Crippen LogP contribution in [0.2, 0.25) is 0 Å². The Labute approximate surface area is 72.0 Å². The van der Waals surface area contributed by atoms with Gasteiger partial charge in [-0.25, -0.2) is 0 Å². The van der Waals surface area contributed by atoms with Gasteiger partial charge in [0, 0.05) is 0 Å². The van der Waals surface area contributed by atoms with E-state index >= 15 is 0 Å². The number of terminal acetylenes is 1. The van der Waals surface area contributed by atoms with E-state index in [1.165, 1.54) is 5.57 Å². The van der Waals surface area contributed by atoms with Gasteiger partial charge in [-0.1, -0.05) is 38.2 Å². The largest absolute Gasteiger partial charge is 0.120 e. The van der Waals surface area contributed by atoms with Gasteiger partial charge in [0.25, 0.3) is 0 Å². The van der Waals surface area contributed by atoms with Crippen molar-refractivity contribution in [1.29, 1.82) is 0 Å². The second-order valence-corrected chi connectivity index (χ2v) is 1.53. The smallest absolute Gasteiger partial charge is 0.00297 e. The molecule has 0 N–H and O–H groups in total. The maximum Gasteiger partial charge on any atom is -0.00297 e. The lowest BCUT2D eigenvalue weighted by Crippen LogP contribution is -1.57. The average Bonchev–Trinajstić information content (AvgIpc) is 2.08. The van der Waals surface area contributed by atoms with E-state index in [-0.39, 0.29) is 0 Å². The first-order valence-electron chi connectivity index (χ1n) is 3.85. The molecule has 0 heteroatoms. The molecule has 11 heavy (non-hydrogen) atoms. The zero-order valence-electron chi connectivity index (χ0n) is 8.44. The zero-order chi connectivity index (χ0) is 9.70. The molecule has 0 unspecified atom stereocenters. The molecule has 0 saturated heterocycles. The Balaban J connectivity index is -0.000000109. The van der Waals surface area contributed by atoms with Crippen LogP contribution in [-0.4, -0.2) is 0 Å². The number of hydrogen-bond acceptors (Lipinski definition) is 0. The third-order valence-corrected chi connectivity index (χ3v) is 0.777. The fourth-order valence-corrected chi connectivity index (χ4v) is 0.118. The molecule has 0 saturated carbocycles. The molecule has 0 aromatic rings. The van der Waals surface area contributed by atoms with Crippen LogP contribution in [-0.2, 0) is 0 Å². The molecule has 0 aliphatic heterocycles. The summed E-state index contributed by atoms with van der Waals surface area (Å²) in [6.45, 7) is 13.2. The first-order chi connectivity index (χ1) is 5.22. The molecule has 0 spiro atoms. The summed E-state index contributed by atoms with van der Waals surface area (Å²) in [5.74, 6) is 2.25. The highest BCUT2D eigenvalue weighted by molar-refractivity contribution is 5.10. The van der Waals surface area contributed by atoms with Crippen LogP contribution in [0.1, 0.15) is 34.6 Å². The van der Waals surface area contributed by atoms with E-state index in [0.29, 0.717) is 0 Å². The fraction of sp³-hybridized carbons (Fsp3) is 0.455. The van der Waals surface area contributed by atoms with E-state index < -0.39 is 0 Å². The van der Waals surface area contributed by atoms with E-state index in [9.17, 15) is 0 Å². The van der Waals surface area contributed by atoms with Crippen LogP contribution in [0.25, 0.3) is 0 Å². The van der Waals surface area contributed by atoms with Gasteiger partial charge in [-0.15, -0.1) is 12.3 Å². The van der Waals surface area contributed by atoms with E-state index in [4.69, 9.17) is 0 Å². The SMILES string of the molecule is C#CC.C=C/C(C)=C\C.CC. The first kappa shape index (κ1) is 16.6. The minimum atomic E-state index is 1.23. The molecule has 0 atom stereocenters. The first-order valence-corrected chi connectivity index (χ1v) is 3.85. The standard InChI is InChI=1S/C6H10.C3H4.C2H6/c1-4-6(3)5-2;1-3-2;1-2/h4-5H,1H2,2-3H3;1H,2H3;1-2H3/b6-5-;;. The van der Waals surface area contributed by atoms with Gasteiger partial charge in [0.05, 0.1) is 0 Å². The van der Waals surface area contributed by atoms with Crippen LogP contribution in [0, 0.1) is 12.3 Å². The topological polar surface area (TPSA) is 0 Å². The monoisotopic (exact) mass is 152 g/mol. The summed E-state index contributed by atoms with van der Waals surface area (Å²) < 4.78 is 0. The van der Waals surface area contributed by atoms with E-state index in [0.717, 1.165) is 0 Å². The summed E-state index contributed by atoms with van der Waals surface area (Å²) in [6, 6.07) is 0. The van der Waals surface area contributed by atoms with Gasteiger partial charge in [0.15, 0.2) is 0 Å². The maximum absolute atomic E-state index is 4.60. The second kappa shape index (κ2) is 23.0. The average molecular weight is 152 g/mol. The molecule has 0 aromatic heterocycles. The van der Waals surface area contributed by atoms with Crippen LogP contribution < -0.4 is 0 Å². The lowest BCUT2D eigenvalue weighted by molar-refractivity contribution is 1.49. The number of allylic oxidation sites excluding steroid dienone is 3. The molecule has 0 nitrogen and oxygen atoms in total. The Hall–Kier alpha value is -0.960. The number of rotatable bonds is 1. The summed E-state index contributed by atoms with van der Waals surface area (Å²) >= 11 is 0. The maximum atomic E-state index is 4.60. The summed E-state index contributed by atoms with van der Waals surface area (Å²) in [6.07, 6.45) is 8.45. The normalized spacial score (nSPS) is 7.45. The molecule has 0 radical (unpaired) electrons. The van der Waals surface area contributed by atoms with Crippen LogP contribution in [0.15, 0.2) is 24.3 Å². The van der Waals surface area contributed by atoms with Gasteiger partial charge in [0.2, 0.25) is 0 Å². The minimum Gasteiger partial charge on any atom is -0.120 e. The predicted octanol–water partition coefficient (Wildman–Crippen LogP) is 3.80. The van der Waals surface area contributed by atoms with Crippen molar-refractivity contribution in [3.05, 3.63) is 24.3 Å². The van der Waals surface area contributed by atoms with Crippen LogP contribution in [0.4, 0.5) is 0 Å². The summed E-state index contributed by atoms with van der Waals surface area (Å²) in [4.78, 5) is 0.